The van der Waals surface area contributed by atoms with Crippen LogP contribution in [0.5, 0.6) is 0 Å². The maximum Gasteiger partial charge on any atom is 0.330 e. The average Bonchev–Trinajstić information content (AvgIpc) is 2.35. The Morgan fingerprint density at radius 2 is 1.94 bits per heavy atom. The van der Waals surface area contributed by atoms with Crippen molar-refractivity contribution in [3.05, 3.63) is 12.7 Å². The van der Waals surface area contributed by atoms with Crippen molar-refractivity contribution in [3.63, 3.8) is 0 Å². The highest BCUT2D eigenvalue weighted by Crippen LogP contribution is 2.00. The first-order valence-electron chi connectivity index (χ1n) is 5.72. The van der Waals surface area contributed by atoms with Gasteiger partial charge in [0.2, 0.25) is 6.08 Å². The van der Waals surface area contributed by atoms with Gasteiger partial charge in [-0.2, -0.15) is 0 Å². The van der Waals surface area contributed by atoms with Crippen LogP contribution in [0.2, 0.25) is 0 Å². The molecule has 0 spiro atoms. The number of isocyanates is 1. The molecule has 0 fully saturated rings. The number of aliphatic imine (C=N–C) groups is 1. The molecule has 5 nitrogen and oxygen atoms in total. The third kappa shape index (κ3) is 12.5. The molecule has 0 radical (unpaired) electrons. The molecule has 0 aromatic heterocycles. The van der Waals surface area contributed by atoms with Gasteiger partial charge in [0, 0.05) is 12.7 Å². The molecule has 96 valence electrons. The summed E-state index contributed by atoms with van der Waals surface area (Å²) < 4.78 is 9.99. The lowest BCUT2D eigenvalue weighted by Crippen LogP contribution is -2.08. The second kappa shape index (κ2) is 12.6. The normalized spacial score (nSPS) is 9.41. The lowest BCUT2D eigenvalue weighted by atomic mass is 10.2. The number of hydrogen-bond donors (Lipinski definition) is 0. The lowest BCUT2D eigenvalue weighted by Gasteiger charge is -2.04. The summed E-state index contributed by atoms with van der Waals surface area (Å²) in [7, 11) is 0. The van der Waals surface area contributed by atoms with Gasteiger partial charge in [0.15, 0.2) is 0 Å². The van der Waals surface area contributed by atoms with E-state index in [0.29, 0.717) is 19.8 Å². The Bertz CT molecular complexity index is 259. The standard InChI is InChI=1S/C12H19NO4/c1-2-12(15)17-10-9-16-8-6-4-3-5-7-13-11-14/h2H,1,3-10H2. The van der Waals surface area contributed by atoms with Gasteiger partial charge >= 0.3 is 5.97 Å². The van der Waals surface area contributed by atoms with Crippen molar-refractivity contribution < 1.29 is 19.1 Å². The number of carbonyl (C=O) groups excluding carboxylic acids is 2. The fourth-order valence-electron chi connectivity index (χ4n) is 1.16. The molecule has 0 aromatic carbocycles. The SMILES string of the molecule is C=CC(=O)OCCOCCCCCCN=C=O. The Labute approximate surface area is 102 Å². The fraction of sp³-hybridized carbons (Fsp3) is 0.667. The summed E-state index contributed by atoms with van der Waals surface area (Å²) in [5, 5.41) is 0. The predicted octanol–water partition coefficient (Wildman–Crippen LogP) is 1.63. The highest BCUT2D eigenvalue weighted by molar-refractivity contribution is 5.81. The van der Waals surface area contributed by atoms with Crippen molar-refractivity contribution in [2.24, 2.45) is 4.99 Å². The maximum atomic E-state index is 10.6. The van der Waals surface area contributed by atoms with Crippen LogP contribution in [0.3, 0.4) is 0 Å². The van der Waals surface area contributed by atoms with Crippen molar-refractivity contribution in [3.8, 4) is 0 Å². The van der Waals surface area contributed by atoms with E-state index in [2.05, 4.69) is 11.6 Å². The Morgan fingerprint density at radius 3 is 2.65 bits per heavy atom. The number of nitrogens with zero attached hydrogens (tertiary/aromatic N) is 1. The van der Waals surface area contributed by atoms with E-state index >= 15 is 0 Å². The van der Waals surface area contributed by atoms with E-state index in [4.69, 9.17) is 9.47 Å². The molecule has 0 unspecified atom stereocenters. The monoisotopic (exact) mass is 241 g/mol. The third-order valence-electron chi connectivity index (χ3n) is 2.01. The molecular formula is C12H19NO4. The first kappa shape index (κ1) is 15.6. The lowest BCUT2D eigenvalue weighted by molar-refractivity contribution is -0.139. The summed E-state index contributed by atoms with van der Waals surface area (Å²) in [4.78, 5) is 23.9. The minimum Gasteiger partial charge on any atom is -0.460 e. The molecule has 0 amide bonds. The fourth-order valence-corrected chi connectivity index (χ4v) is 1.16. The zero-order chi connectivity index (χ0) is 12.8. The summed E-state index contributed by atoms with van der Waals surface area (Å²) in [5.41, 5.74) is 0. The zero-order valence-corrected chi connectivity index (χ0v) is 10.0. The van der Waals surface area contributed by atoms with E-state index in [9.17, 15) is 9.59 Å². The topological polar surface area (TPSA) is 65.0 Å². The van der Waals surface area contributed by atoms with Crippen LogP contribution in [0.25, 0.3) is 0 Å². The van der Waals surface area contributed by atoms with Gasteiger partial charge in [-0.1, -0.05) is 19.4 Å². The van der Waals surface area contributed by atoms with E-state index in [1.165, 1.54) is 6.08 Å². The largest absolute Gasteiger partial charge is 0.460 e. The van der Waals surface area contributed by atoms with Crippen LogP contribution in [0.15, 0.2) is 17.6 Å². The summed E-state index contributed by atoms with van der Waals surface area (Å²) in [5.74, 6) is -0.427. The smallest absolute Gasteiger partial charge is 0.330 e. The maximum absolute atomic E-state index is 10.6. The molecule has 0 heterocycles. The van der Waals surface area contributed by atoms with Crippen LogP contribution < -0.4 is 0 Å². The number of esters is 1. The van der Waals surface area contributed by atoms with Crippen LogP contribution in [0.1, 0.15) is 25.7 Å². The van der Waals surface area contributed by atoms with E-state index in [1.807, 2.05) is 0 Å². The predicted molar refractivity (Wildman–Crippen MR) is 63.4 cm³/mol. The van der Waals surface area contributed by atoms with E-state index < -0.39 is 5.97 Å². The Morgan fingerprint density at radius 1 is 1.18 bits per heavy atom. The minimum absolute atomic E-state index is 0.263. The number of rotatable bonds is 11. The second-order valence-electron chi connectivity index (χ2n) is 3.37. The van der Waals surface area contributed by atoms with Gasteiger partial charge in [-0.15, -0.1) is 0 Å². The van der Waals surface area contributed by atoms with E-state index in [-0.39, 0.29) is 6.61 Å². The molecule has 0 saturated carbocycles. The van der Waals surface area contributed by atoms with Gasteiger partial charge in [-0.25, -0.2) is 14.6 Å². The summed E-state index contributed by atoms with van der Waals surface area (Å²) in [6.07, 6.45) is 6.57. The van der Waals surface area contributed by atoms with Crippen molar-refractivity contribution in [1.82, 2.24) is 0 Å². The van der Waals surface area contributed by atoms with Crippen molar-refractivity contribution in [1.29, 1.82) is 0 Å². The summed E-state index contributed by atoms with van der Waals surface area (Å²) in [6.45, 7) is 5.17. The first-order valence-corrected chi connectivity index (χ1v) is 5.72. The molecule has 17 heavy (non-hydrogen) atoms. The molecule has 0 atom stereocenters. The number of ether oxygens (including phenoxy) is 2. The highest BCUT2D eigenvalue weighted by Gasteiger charge is 1.95. The Balaban J connectivity index is 3.05. The van der Waals surface area contributed by atoms with Crippen LogP contribution >= 0.6 is 0 Å². The molecule has 5 heteroatoms. The van der Waals surface area contributed by atoms with Gasteiger partial charge in [-0.05, 0) is 12.8 Å². The van der Waals surface area contributed by atoms with Crippen LogP contribution in [0, 0.1) is 0 Å². The molecule has 0 aromatic rings. The molecule has 0 N–H and O–H groups in total. The summed E-state index contributed by atoms with van der Waals surface area (Å²) >= 11 is 0. The number of unbranched alkanes of at least 4 members (excludes halogenated alkanes) is 3. The Kier molecular flexibility index (Phi) is 11.5. The minimum atomic E-state index is -0.427. The van der Waals surface area contributed by atoms with Gasteiger partial charge in [0.05, 0.1) is 13.2 Å². The number of carbonyl (C=O) groups is 1. The zero-order valence-electron chi connectivity index (χ0n) is 10.0. The molecular weight excluding hydrogens is 222 g/mol. The third-order valence-corrected chi connectivity index (χ3v) is 2.01. The molecule has 0 rings (SSSR count). The van der Waals surface area contributed by atoms with Crippen molar-refractivity contribution in [2.45, 2.75) is 25.7 Å². The van der Waals surface area contributed by atoms with Crippen molar-refractivity contribution in [2.75, 3.05) is 26.4 Å². The van der Waals surface area contributed by atoms with Crippen LogP contribution in [0.4, 0.5) is 0 Å². The second-order valence-corrected chi connectivity index (χ2v) is 3.37. The van der Waals surface area contributed by atoms with Crippen LogP contribution in [-0.2, 0) is 19.1 Å². The average molecular weight is 241 g/mol. The Hall–Kier alpha value is -1.45. The highest BCUT2D eigenvalue weighted by atomic mass is 16.6. The van der Waals surface area contributed by atoms with Gasteiger partial charge in [0.1, 0.15) is 6.61 Å². The number of hydrogen-bond acceptors (Lipinski definition) is 5. The quantitative estimate of drug-likeness (QED) is 0.181. The van der Waals surface area contributed by atoms with Gasteiger partial charge in [-0.3, -0.25) is 0 Å². The molecule has 0 aliphatic carbocycles. The van der Waals surface area contributed by atoms with Crippen LogP contribution in [-0.4, -0.2) is 38.4 Å². The van der Waals surface area contributed by atoms with Gasteiger partial charge in [0.25, 0.3) is 0 Å². The molecule has 0 saturated heterocycles. The van der Waals surface area contributed by atoms with Crippen molar-refractivity contribution >= 4 is 12.0 Å². The van der Waals surface area contributed by atoms with E-state index in [1.54, 1.807) is 0 Å². The molecule has 0 aliphatic rings. The van der Waals surface area contributed by atoms with E-state index in [0.717, 1.165) is 31.8 Å². The summed E-state index contributed by atoms with van der Waals surface area (Å²) in [6, 6.07) is 0. The van der Waals surface area contributed by atoms with Gasteiger partial charge < -0.3 is 9.47 Å². The molecule has 0 aliphatic heterocycles. The molecule has 0 bridgehead atoms. The first-order chi connectivity index (χ1) is 8.31.